The maximum Gasteiger partial charge on any atom is 0.306 e. The number of rotatable bonds is 61. The smallest absolute Gasteiger partial charge is 0.306 e. The molecule has 1 N–H and O–H groups in total. The minimum absolute atomic E-state index is 0.0337. The van der Waals surface area contributed by atoms with E-state index in [1.54, 1.807) is 0 Å². The highest BCUT2D eigenvalue weighted by atomic mass is 31.2. The molecule has 0 aliphatic rings. The molecular weight excluding hydrogens is 1070 g/mol. The van der Waals surface area contributed by atoms with Gasteiger partial charge in [0.25, 0.3) is 7.82 Å². The summed E-state index contributed by atoms with van der Waals surface area (Å²) in [6.45, 7) is 6.60. The zero-order chi connectivity index (χ0) is 62.1. The van der Waals surface area contributed by atoms with E-state index in [9.17, 15) is 19.0 Å². The number of likely N-dealkylation sites (N-methyl/N-ethyl adjacent to an activating group) is 1. The molecule has 486 valence electrons. The summed E-state index contributed by atoms with van der Waals surface area (Å²) in [4.78, 5) is 40.2. The fourth-order valence-corrected chi connectivity index (χ4v) is 10.1. The summed E-state index contributed by atoms with van der Waals surface area (Å²) >= 11 is 0. The molecule has 0 aromatic carbocycles. The van der Waals surface area contributed by atoms with E-state index in [0.29, 0.717) is 23.9 Å². The van der Waals surface area contributed by atoms with Gasteiger partial charge in [-0.2, -0.15) is 0 Å². The molecular formula is C75H129N2O7P. The van der Waals surface area contributed by atoms with Crippen molar-refractivity contribution in [3.05, 3.63) is 134 Å². The number of allylic oxidation sites excluding steroid dienone is 21. The molecule has 85 heavy (non-hydrogen) atoms. The Morgan fingerprint density at radius 3 is 1.13 bits per heavy atom. The van der Waals surface area contributed by atoms with Crippen LogP contribution in [0.3, 0.4) is 0 Å². The summed E-state index contributed by atoms with van der Waals surface area (Å²) in [7, 11) is 1.15. The van der Waals surface area contributed by atoms with Crippen LogP contribution >= 0.6 is 7.82 Å². The van der Waals surface area contributed by atoms with Crippen LogP contribution in [0.1, 0.15) is 278 Å². The number of carbonyl (C=O) groups excluding carboxylic acids is 2. The number of phosphoric acid groups is 1. The summed E-state index contributed by atoms with van der Waals surface area (Å²) in [6, 6.07) is -0.910. The molecule has 0 bridgehead atoms. The van der Waals surface area contributed by atoms with Crippen LogP contribution in [0, 0.1) is 0 Å². The maximum absolute atomic E-state index is 13.6. The zero-order valence-corrected chi connectivity index (χ0v) is 56.4. The summed E-state index contributed by atoms with van der Waals surface area (Å²) < 4.78 is 30.4. The first kappa shape index (κ1) is 81.2. The van der Waals surface area contributed by atoms with E-state index >= 15 is 0 Å². The second kappa shape index (κ2) is 63.2. The van der Waals surface area contributed by atoms with Gasteiger partial charge in [0, 0.05) is 12.8 Å². The summed E-state index contributed by atoms with van der Waals surface area (Å²) in [6.07, 6.45) is 89.9. The summed E-state index contributed by atoms with van der Waals surface area (Å²) in [5.74, 6) is -0.571. The Labute approximate surface area is 524 Å². The maximum atomic E-state index is 13.6. The minimum Gasteiger partial charge on any atom is -0.756 e. The predicted octanol–water partition coefficient (Wildman–Crippen LogP) is 21.4. The highest BCUT2D eigenvalue weighted by molar-refractivity contribution is 7.45. The number of hydrogen-bond acceptors (Lipinski definition) is 7. The van der Waals surface area contributed by atoms with Gasteiger partial charge in [0.15, 0.2) is 0 Å². The van der Waals surface area contributed by atoms with Crippen molar-refractivity contribution in [3.8, 4) is 0 Å². The Hall–Kier alpha value is -3.85. The molecule has 0 aromatic rings. The van der Waals surface area contributed by atoms with Crippen LogP contribution in [0.15, 0.2) is 134 Å². The van der Waals surface area contributed by atoms with Crippen LogP contribution in [0.2, 0.25) is 0 Å². The van der Waals surface area contributed by atoms with Gasteiger partial charge < -0.3 is 28.5 Å². The molecule has 0 spiro atoms. The number of nitrogens with one attached hydrogen (secondary N) is 1. The molecule has 3 atom stereocenters. The normalized spacial score (nSPS) is 14.4. The first-order valence-electron chi connectivity index (χ1n) is 34.5. The van der Waals surface area contributed by atoms with Crippen LogP contribution in [0.25, 0.3) is 0 Å². The van der Waals surface area contributed by atoms with Crippen molar-refractivity contribution in [3.63, 3.8) is 0 Å². The van der Waals surface area contributed by atoms with Crippen molar-refractivity contribution in [1.29, 1.82) is 0 Å². The van der Waals surface area contributed by atoms with Crippen LogP contribution in [0.5, 0.6) is 0 Å². The topological polar surface area (TPSA) is 114 Å². The third-order valence-electron chi connectivity index (χ3n) is 14.6. The lowest BCUT2D eigenvalue weighted by Gasteiger charge is -2.30. The third kappa shape index (κ3) is 64.5. The number of hydrogen-bond donors (Lipinski definition) is 1. The molecule has 3 unspecified atom stereocenters. The molecule has 0 heterocycles. The average molecular weight is 1200 g/mol. The van der Waals surface area contributed by atoms with Gasteiger partial charge in [-0.1, -0.05) is 277 Å². The third-order valence-corrected chi connectivity index (χ3v) is 15.5. The van der Waals surface area contributed by atoms with Gasteiger partial charge >= 0.3 is 5.97 Å². The molecule has 10 heteroatoms. The molecule has 0 aromatic heterocycles. The number of ether oxygens (including phenoxy) is 1. The van der Waals surface area contributed by atoms with Gasteiger partial charge in [-0.15, -0.1) is 0 Å². The molecule has 0 aliphatic heterocycles. The second-order valence-electron chi connectivity index (χ2n) is 23.9. The highest BCUT2D eigenvalue weighted by Gasteiger charge is 2.27. The van der Waals surface area contributed by atoms with E-state index in [-0.39, 0.29) is 24.9 Å². The molecule has 0 aliphatic carbocycles. The standard InChI is InChI=1S/C75H129N2O7P/c1-7-10-13-16-19-22-25-28-30-32-34-36-38-40-42-44-46-49-52-55-58-61-64-67-74(78)76-72(71-83-85(80,81)82-70-69-77(4,5)6)73(66-63-60-57-54-51-48-27-24-21-18-15-12-9-3)84-75(79)68-65-62-59-56-53-50-47-45-43-41-39-37-35-33-31-29-26-23-20-17-14-11-8-2/h10-11,13-14,19-20,22-23,28-31,34-37,40-43,63,66,72-73H,7-9,12,15-18,21,24-27,32-33,38-39,44-62,64-65,67-71H2,1-6H3,(H-,76,78,80,81)/b13-10-,14-11-,22-19-,23-20-,30-28-,31-29-,36-34-,37-35-,42-40-,43-41-,66-63+. The van der Waals surface area contributed by atoms with Crippen LogP contribution in [0.4, 0.5) is 0 Å². The van der Waals surface area contributed by atoms with Gasteiger partial charge in [0.2, 0.25) is 5.91 Å². The number of amides is 1. The van der Waals surface area contributed by atoms with Gasteiger partial charge in [-0.25, -0.2) is 0 Å². The Balaban J connectivity index is 5.22. The number of nitrogens with zero attached hydrogens (tertiary/aromatic N) is 1. The number of carbonyl (C=O) groups is 2. The van der Waals surface area contributed by atoms with E-state index in [1.165, 1.54) is 96.3 Å². The quantitative estimate of drug-likeness (QED) is 0.0212. The SMILES string of the molecule is CC/C=C\C/C=C\C/C=C\C/C=C\C/C=C\CCCCCCCCCC(=O)NC(COP(=O)([O-])OCC[N+](C)(C)C)C(/C=C/CCCCCCCCCCCCC)OC(=O)CCCCCCCCC/C=C\C/C=C\C/C=C\C/C=C\C/C=C\CC. The first-order valence-corrected chi connectivity index (χ1v) is 36.0. The number of esters is 1. The lowest BCUT2D eigenvalue weighted by atomic mass is 10.0. The molecule has 0 saturated heterocycles. The fraction of sp³-hybridized carbons (Fsp3) is 0.680. The Bertz CT molecular complexity index is 1920. The summed E-state index contributed by atoms with van der Waals surface area (Å²) in [5, 5.41) is 3.03. The van der Waals surface area contributed by atoms with E-state index in [1.807, 2.05) is 33.3 Å². The van der Waals surface area contributed by atoms with E-state index < -0.39 is 26.6 Å². The highest BCUT2D eigenvalue weighted by Crippen LogP contribution is 2.38. The molecule has 0 radical (unpaired) electrons. The van der Waals surface area contributed by atoms with Gasteiger partial charge in [0.1, 0.15) is 19.3 Å². The van der Waals surface area contributed by atoms with Crippen molar-refractivity contribution < 1.29 is 37.3 Å². The Morgan fingerprint density at radius 1 is 0.424 bits per heavy atom. The largest absolute Gasteiger partial charge is 0.756 e. The number of phosphoric ester groups is 1. The Morgan fingerprint density at radius 2 is 0.753 bits per heavy atom. The summed E-state index contributed by atoms with van der Waals surface area (Å²) in [5.41, 5.74) is 0. The number of quaternary nitrogens is 1. The monoisotopic (exact) mass is 1200 g/mol. The first-order chi connectivity index (χ1) is 41.4. The van der Waals surface area contributed by atoms with E-state index in [2.05, 4.69) is 148 Å². The van der Waals surface area contributed by atoms with E-state index in [0.717, 1.165) is 141 Å². The molecule has 0 fully saturated rings. The molecule has 0 saturated carbocycles. The fourth-order valence-electron chi connectivity index (χ4n) is 9.34. The van der Waals surface area contributed by atoms with Crippen molar-refractivity contribution in [2.75, 3.05) is 40.9 Å². The molecule has 1 amide bonds. The predicted molar refractivity (Wildman–Crippen MR) is 366 cm³/mol. The van der Waals surface area contributed by atoms with Gasteiger partial charge in [0.05, 0.1) is 33.8 Å². The lowest BCUT2D eigenvalue weighted by Crippen LogP contribution is -2.47. The van der Waals surface area contributed by atoms with Crippen molar-refractivity contribution in [2.45, 2.75) is 290 Å². The minimum atomic E-state index is -4.72. The van der Waals surface area contributed by atoms with Gasteiger partial charge in [-0.3, -0.25) is 14.2 Å². The lowest BCUT2D eigenvalue weighted by molar-refractivity contribution is -0.870. The zero-order valence-electron chi connectivity index (χ0n) is 55.5. The van der Waals surface area contributed by atoms with Crippen molar-refractivity contribution in [1.82, 2.24) is 5.32 Å². The Kier molecular flexibility index (Phi) is 60.3. The van der Waals surface area contributed by atoms with Gasteiger partial charge in [-0.05, 0) is 122 Å². The molecule has 9 nitrogen and oxygen atoms in total. The van der Waals surface area contributed by atoms with Crippen LogP contribution < -0.4 is 10.2 Å². The van der Waals surface area contributed by atoms with Crippen LogP contribution in [-0.2, 0) is 27.9 Å². The number of unbranched alkanes of at least 4 members (excludes halogenated alkanes) is 25. The van der Waals surface area contributed by atoms with Crippen LogP contribution in [-0.4, -0.2) is 69.4 Å². The average Bonchev–Trinajstić information content (AvgIpc) is 3.52. The van der Waals surface area contributed by atoms with Crippen molar-refractivity contribution >= 4 is 19.7 Å². The van der Waals surface area contributed by atoms with E-state index in [4.69, 9.17) is 13.8 Å². The second-order valence-corrected chi connectivity index (χ2v) is 25.3. The van der Waals surface area contributed by atoms with Crippen molar-refractivity contribution in [2.24, 2.45) is 0 Å². The molecule has 0 rings (SSSR count).